The molecule has 0 heterocycles. The van der Waals surface area contributed by atoms with Crippen LogP contribution >= 0.6 is 0 Å². The van der Waals surface area contributed by atoms with E-state index in [9.17, 15) is 0 Å². The van der Waals surface area contributed by atoms with Crippen LogP contribution in [0.2, 0.25) is 0 Å². The second-order valence-electron chi connectivity index (χ2n) is 11.7. The molecule has 4 aromatic rings. The van der Waals surface area contributed by atoms with Gasteiger partial charge in [-0.3, -0.25) is 0 Å². The highest BCUT2D eigenvalue weighted by atomic mass is 16.5. The van der Waals surface area contributed by atoms with Crippen molar-refractivity contribution in [3.8, 4) is 22.6 Å². The van der Waals surface area contributed by atoms with Crippen molar-refractivity contribution in [3.05, 3.63) is 97.1 Å². The van der Waals surface area contributed by atoms with Gasteiger partial charge in [-0.1, -0.05) is 102 Å². The van der Waals surface area contributed by atoms with Gasteiger partial charge in [-0.2, -0.15) is 0 Å². The Morgan fingerprint density at radius 1 is 0.432 bits per heavy atom. The molecule has 0 fully saturated rings. The maximum Gasteiger partial charge on any atom is 0.119 e. The first-order chi connectivity index (χ1) is 21.7. The molecule has 0 aliphatic carbocycles. The predicted octanol–water partition coefficient (Wildman–Crippen LogP) is 11.9. The van der Waals surface area contributed by atoms with E-state index in [1.54, 1.807) is 0 Å². The predicted molar refractivity (Wildman–Crippen MR) is 189 cm³/mol. The number of ether oxygens (including phenoxy) is 2. The number of hydrogen-bond acceptors (Lipinski definition) is 4. The van der Waals surface area contributed by atoms with Gasteiger partial charge < -0.3 is 20.1 Å². The highest BCUT2D eigenvalue weighted by Crippen LogP contribution is 2.37. The van der Waals surface area contributed by atoms with Crippen molar-refractivity contribution in [2.45, 2.75) is 90.9 Å². The maximum absolute atomic E-state index is 6.08. The summed E-state index contributed by atoms with van der Waals surface area (Å²) in [6.45, 7) is 6.04. The molecule has 0 atom stereocenters. The fourth-order valence-corrected chi connectivity index (χ4v) is 5.45. The third-order valence-corrected chi connectivity index (χ3v) is 8.09. The zero-order chi connectivity index (χ0) is 30.8. The number of nitrogen functional groups attached to an aromatic ring is 1. The largest absolute Gasteiger partial charge is 0.494 e. The van der Waals surface area contributed by atoms with Crippen LogP contribution in [0.1, 0.15) is 90.9 Å². The molecule has 0 unspecified atom stereocenters. The van der Waals surface area contributed by atoms with Crippen LogP contribution in [0.3, 0.4) is 0 Å². The molecule has 234 valence electrons. The molecule has 0 saturated heterocycles. The standard InChI is InChI=1S/C40H52N2O2/c1-3-5-7-9-11-13-31-43-39-27-23-37(24-28-39)42(36-21-17-34(18-22-36)33-15-19-35(41)20-16-33)38-25-29-40(30-26-38)44-32-14-12-10-8-6-4-2/h15-30H,3-14,31-32,41H2,1-2H3. The highest BCUT2D eigenvalue weighted by Gasteiger charge is 2.13. The van der Waals surface area contributed by atoms with Crippen LogP contribution in [0, 0.1) is 0 Å². The smallest absolute Gasteiger partial charge is 0.119 e. The molecule has 0 aliphatic rings. The Bertz CT molecular complexity index is 1250. The van der Waals surface area contributed by atoms with Crippen molar-refractivity contribution in [3.63, 3.8) is 0 Å². The van der Waals surface area contributed by atoms with Gasteiger partial charge in [-0.05, 0) is 96.8 Å². The second-order valence-corrected chi connectivity index (χ2v) is 11.7. The lowest BCUT2D eigenvalue weighted by Crippen LogP contribution is -2.10. The first kappa shape index (κ1) is 33.0. The number of unbranched alkanes of at least 4 members (excludes halogenated alkanes) is 10. The summed E-state index contributed by atoms with van der Waals surface area (Å²) in [5.74, 6) is 1.83. The third kappa shape index (κ3) is 10.7. The van der Waals surface area contributed by atoms with Crippen molar-refractivity contribution in [2.24, 2.45) is 0 Å². The molecule has 0 radical (unpaired) electrons. The summed E-state index contributed by atoms with van der Waals surface area (Å²) in [4.78, 5) is 2.28. The Morgan fingerprint density at radius 3 is 1.18 bits per heavy atom. The molecule has 2 N–H and O–H groups in total. The number of nitrogens with two attached hydrogens (primary N) is 1. The van der Waals surface area contributed by atoms with Gasteiger partial charge in [0.15, 0.2) is 0 Å². The number of hydrogen-bond donors (Lipinski definition) is 1. The van der Waals surface area contributed by atoms with E-state index in [0.717, 1.165) is 71.4 Å². The molecule has 0 bridgehead atoms. The normalized spacial score (nSPS) is 11.0. The molecule has 4 heteroatoms. The minimum atomic E-state index is 0.766. The molecule has 0 aliphatic heterocycles. The average Bonchev–Trinajstić information content (AvgIpc) is 3.06. The maximum atomic E-state index is 6.08. The Hall–Kier alpha value is -3.92. The quantitative estimate of drug-likeness (QED) is 0.0819. The lowest BCUT2D eigenvalue weighted by Gasteiger charge is -2.26. The van der Waals surface area contributed by atoms with Crippen molar-refractivity contribution < 1.29 is 9.47 Å². The molecular weight excluding hydrogens is 540 g/mol. The van der Waals surface area contributed by atoms with Crippen LogP contribution < -0.4 is 20.1 Å². The minimum absolute atomic E-state index is 0.766. The summed E-state index contributed by atoms with van der Waals surface area (Å²) in [7, 11) is 0. The fourth-order valence-electron chi connectivity index (χ4n) is 5.45. The third-order valence-electron chi connectivity index (χ3n) is 8.09. The van der Waals surface area contributed by atoms with Crippen LogP contribution in [0.15, 0.2) is 97.1 Å². The molecular formula is C40H52N2O2. The molecule has 0 spiro atoms. The van der Waals surface area contributed by atoms with E-state index < -0.39 is 0 Å². The van der Waals surface area contributed by atoms with Gasteiger partial charge in [-0.15, -0.1) is 0 Å². The van der Waals surface area contributed by atoms with Gasteiger partial charge in [0, 0.05) is 22.7 Å². The molecule has 0 amide bonds. The monoisotopic (exact) mass is 592 g/mol. The van der Waals surface area contributed by atoms with Crippen LogP contribution in [0.4, 0.5) is 22.7 Å². The lowest BCUT2D eigenvalue weighted by atomic mass is 10.0. The molecule has 0 aromatic heterocycles. The van der Waals surface area contributed by atoms with E-state index in [0.29, 0.717) is 0 Å². The van der Waals surface area contributed by atoms with E-state index >= 15 is 0 Å². The molecule has 4 rings (SSSR count). The van der Waals surface area contributed by atoms with E-state index in [1.807, 2.05) is 12.1 Å². The minimum Gasteiger partial charge on any atom is -0.494 e. The van der Waals surface area contributed by atoms with Crippen LogP contribution in [0.25, 0.3) is 11.1 Å². The van der Waals surface area contributed by atoms with E-state index in [-0.39, 0.29) is 0 Å². The van der Waals surface area contributed by atoms with Gasteiger partial charge in [0.25, 0.3) is 0 Å². The Balaban J connectivity index is 1.44. The van der Waals surface area contributed by atoms with E-state index in [4.69, 9.17) is 15.2 Å². The summed E-state index contributed by atoms with van der Waals surface area (Å²) in [5, 5.41) is 0. The zero-order valence-electron chi connectivity index (χ0n) is 27.0. The SMILES string of the molecule is CCCCCCCCOc1ccc(N(c2ccc(OCCCCCCCC)cc2)c2ccc(-c3ccc(N)cc3)cc2)cc1. The summed E-state index contributed by atoms with van der Waals surface area (Å²) >= 11 is 0. The molecule has 4 aromatic carbocycles. The Kier molecular flexibility index (Phi) is 14.0. The zero-order valence-corrected chi connectivity index (χ0v) is 27.0. The topological polar surface area (TPSA) is 47.7 Å². The Morgan fingerprint density at radius 2 is 0.773 bits per heavy atom. The van der Waals surface area contributed by atoms with Crippen molar-refractivity contribution in [1.82, 2.24) is 0 Å². The van der Waals surface area contributed by atoms with Crippen LogP contribution in [0.5, 0.6) is 11.5 Å². The lowest BCUT2D eigenvalue weighted by molar-refractivity contribution is 0.304. The summed E-state index contributed by atoms with van der Waals surface area (Å²) in [6.07, 6.45) is 15.1. The van der Waals surface area contributed by atoms with Crippen LogP contribution in [-0.4, -0.2) is 13.2 Å². The fraction of sp³-hybridized carbons (Fsp3) is 0.400. The number of benzene rings is 4. The Labute approximate surface area is 266 Å². The number of rotatable bonds is 20. The average molecular weight is 593 g/mol. The van der Waals surface area contributed by atoms with Crippen molar-refractivity contribution in [1.29, 1.82) is 0 Å². The number of nitrogens with zero attached hydrogens (tertiary/aromatic N) is 1. The number of anilines is 4. The molecule has 4 nitrogen and oxygen atoms in total. The summed E-state index contributed by atoms with van der Waals surface area (Å²) in [6, 6.07) is 33.6. The second kappa shape index (κ2) is 18.7. The van der Waals surface area contributed by atoms with Crippen molar-refractivity contribution >= 4 is 22.7 Å². The first-order valence-corrected chi connectivity index (χ1v) is 16.9. The van der Waals surface area contributed by atoms with Gasteiger partial charge in [0.05, 0.1) is 13.2 Å². The van der Waals surface area contributed by atoms with Gasteiger partial charge in [-0.25, -0.2) is 0 Å². The highest BCUT2D eigenvalue weighted by molar-refractivity contribution is 5.78. The van der Waals surface area contributed by atoms with E-state index in [1.165, 1.54) is 64.2 Å². The van der Waals surface area contributed by atoms with Gasteiger partial charge in [0.2, 0.25) is 0 Å². The van der Waals surface area contributed by atoms with Crippen LogP contribution in [-0.2, 0) is 0 Å². The van der Waals surface area contributed by atoms with E-state index in [2.05, 4.69) is 104 Å². The van der Waals surface area contributed by atoms with Gasteiger partial charge in [0.1, 0.15) is 11.5 Å². The summed E-state index contributed by atoms with van der Waals surface area (Å²) < 4.78 is 12.2. The first-order valence-electron chi connectivity index (χ1n) is 16.9. The summed E-state index contributed by atoms with van der Waals surface area (Å²) in [5.41, 5.74) is 12.2. The van der Waals surface area contributed by atoms with Gasteiger partial charge >= 0.3 is 0 Å². The molecule has 44 heavy (non-hydrogen) atoms. The molecule has 0 saturated carbocycles. The van der Waals surface area contributed by atoms with Crippen molar-refractivity contribution in [2.75, 3.05) is 23.8 Å².